The first-order valence-electron chi connectivity index (χ1n) is 7.05. The summed E-state index contributed by atoms with van der Waals surface area (Å²) >= 11 is 12.4. The van der Waals surface area contributed by atoms with Crippen molar-refractivity contribution in [2.75, 3.05) is 18.5 Å². The Hall–Kier alpha value is -1.22. The average molecular weight is 323 g/mol. The van der Waals surface area contributed by atoms with Crippen LogP contribution in [-0.2, 0) is 13.1 Å². The predicted octanol–water partition coefficient (Wildman–Crippen LogP) is 4.74. The van der Waals surface area contributed by atoms with E-state index < -0.39 is 0 Å². The van der Waals surface area contributed by atoms with E-state index in [9.17, 15) is 0 Å². The molecule has 0 aliphatic rings. The van der Waals surface area contributed by atoms with Crippen molar-refractivity contribution in [3.8, 4) is 0 Å². The molecule has 0 aliphatic carbocycles. The van der Waals surface area contributed by atoms with Crippen LogP contribution in [0.15, 0.2) is 42.5 Å². The molecule has 0 aliphatic heterocycles. The number of rotatable bonds is 6. The van der Waals surface area contributed by atoms with E-state index in [2.05, 4.69) is 42.4 Å². The van der Waals surface area contributed by atoms with Crippen molar-refractivity contribution in [2.45, 2.75) is 20.0 Å². The lowest BCUT2D eigenvalue weighted by atomic mass is 10.1. The second-order valence-corrected chi connectivity index (χ2v) is 5.89. The van der Waals surface area contributed by atoms with Crippen molar-refractivity contribution in [2.24, 2.45) is 0 Å². The van der Waals surface area contributed by atoms with Crippen LogP contribution in [0.25, 0.3) is 0 Å². The van der Waals surface area contributed by atoms with Gasteiger partial charge in [0.25, 0.3) is 0 Å². The van der Waals surface area contributed by atoms with E-state index in [4.69, 9.17) is 23.2 Å². The van der Waals surface area contributed by atoms with Gasteiger partial charge < -0.3 is 10.2 Å². The molecule has 2 aromatic carbocycles. The molecule has 2 nitrogen and oxygen atoms in total. The Bertz CT molecular complexity index is 599. The first-order chi connectivity index (χ1) is 10.1. The molecule has 21 heavy (non-hydrogen) atoms. The van der Waals surface area contributed by atoms with E-state index in [1.54, 1.807) is 0 Å². The van der Waals surface area contributed by atoms with Crippen molar-refractivity contribution >= 4 is 28.9 Å². The third-order valence-corrected chi connectivity index (χ3v) is 3.94. The number of halogens is 2. The summed E-state index contributed by atoms with van der Waals surface area (Å²) in [6, 6.07) is 14.1. The smallest absolute Gasteiger partial charge is 0.0471 e. The number of nitrogens with zero attached hydrogens (tertiary/aromatic N) is 1. The van der Waals surface area contributed by atoms with E-state index in [1.165, 1.54) is 5.56 Å². The van der Waals surface area contributed by atoms with Crippen LogP contribution in [0.5, 0.6) is 0 Å². The Morgan fingerprint density at radius 2 is 1.90 bits per heavy atom. The quantitative estimate of drug-likeness (QED) is 0.826. The first-order valence-corrected chi connectivity index (χ1v) is 7.80. The van der Waals surface area contributed by atoms with Crippen molar-refractivity contribution in [3.63, 3.8) is 0 Å². The molecule has 0 atom stereocenters. The Morgan fingerprint density at radius 1 is 1.10 bits per heavy atom. The van der Waals surface area contributed by atoms with Gasteiger partial charge in [-0.3, -0.25) is 0 Å². The second kappa shape index (κ2) is 7.69. The zero-order valence-corrected chi connectivity index (χ0v) is 13.9. The van der Waals surface area contributed by atoms with Crippen LogP contribution in [0.3, 0.4) is 0 Å². The Morgan fingerprint density at radius 3 is 2.57 bits per heavy atom. The minimum Gasteiger partial charge on any atom is -0.370 e. The van der Waals surface area contributed by atoms with Crippen LogP contribution >= 0.6 is 23.2 Å². The van der Waals surface area contributed by atoms with Gasteiger partial charge in [-0.15, -0.1) is 0 Å². The lowest BCUT2D eigenvalue weighted by Gasteiger charge is -2.20. The molecule has 0 spiro atoms. The van der Waals surface area contributed by atoms with Gasteiger partial charge in [0.05, 0.1) is 0 Å². The summed E-state index contributed by atoms with van der Waals surface area (Å²) in [6.45, 7) is 4.62. The van der Waals surface area contributed by atoms with Crippen LogP contribution in [-0.4, -0.2) is 13.6 Å². The third-order valence-electron chi connectivity index (χ3n) is 3.35. The standard InChI is InChI=1S/C17H20Cl2N2/c1-3-20-11-14-7-8-16(10-17(14)19)21(2)12-13-5-4-6-15(18)9-13/h4-10,20H,3,11-12H2,1-2H3. The van der Waals surface area contributed by atoms with Crippen LogP contribution in [0.2, 0.25) is 10.0 Å². The average Bonchev–Trinajstić information content (AvgIpc) is 2.46. The zero-order valence-electron chi connectivity index (χ0n) is 12.4. The molecule has 0 heterocycles. The van der Waals surface area contributed by atoms with E-state index in [0.29, 0.717) is 0 Å². The summed E-state index contributed by atoms with van der Waals surface area (Å²) < 4.78 is 0. The van der Waals surface area contributed by atoms with Crippen LogP contribution in [0, 0.1) is 0 Å². The summed E-state index contributed by atoms with van der Waals surface area (Å²) in [6.07, 6.45) is 0. The Labute approximate surface area is 136 Å². The topological polar surface area (TPSA) is 15.3 Å². The van der Waals surface area contributed by atoms with Gasteiger partial charge in [0.2, 0.25) is 0 Å². The maximum Gasteiger partial charge on any atom is 0.0471 e. The fourth-order valence-corrected chi connectivity index (χ4v) is 2.63. The van der Waals surface area contributed by atoms with E-state index in [1.807, 2.05) is 24.3 Å². The van der Waals surface area contributed by atoms with Gasteiger partial charge in [-0.05, 0) is 41.9 Å². The molecule has 2 aromatic rings. The second-order valence-electron chi connectivity index (χ2n) is 5.04. The molecular weight excluding hydrogens is 303 g/mol. The summed E-state index contributed by atoms with van der Waals surface area (Å²) in [5, 5.41) is 4.85. The number of anilines is 1. The number of benzene rings is 2. The summed E-state index contributed by atoms with van der Waals surface area (Å²) in [7, 11) is 2.05. The molecule has 1 N–H and O–H groups in total. The molecule has 0 saturated heterocycles. The number of hydrogen-bond acceptors (Lipinski definition) is 2. The molecule has 0 bridgehead atoms. The van der Waals surface area contributed by atoms with Gasteiger partial charge in [0.1, 0.15) is 0 Å². The molecular formula is C17H20Cl2N2. The van der Waals surface area contributed by atoms with Gasteiger partial charge in [0, 0.05) is 35.9 Å². The molecule has 0 aromatic heterocycles. The van der Waals surface area contributed by atoms with Crippen molar-refractivity contribution in [1.29, 1.82) is 0 Å². The summed E-state index contributed by atoms with van der Waals surface area (Å²) in [4.78, 5) is 2.16. The Balaban J connectivity index is 2.08. The largest absolute Gasteiger partial charge is 0.370 e. The maximum atomic E-state index is 6.35. The maximum absolute atomic E-state index is 6.35. The molecule has 0 radical (unpaired) electrons. The van der Waals surface area contributed by atoms with E-state index in [-0.39, 0.29) is 0 Å². The molecule has 112 valence electrons. The zero-order chi connectivity index (χ0) is 15.2. The van der Waals surface area contributed by atoms with Crippen molar-refractivity contribution < 1.29 is 0 Å². The molecule has 0 fully saturated rings. The van der Waals surface area contributed by atoms with Crippen LogP contribution in [0.1, 0.15) is 18.1 Å². The highest BCUT2D eigenvalue weighted by atomic mass is 35.5. The lowest BCUT2D eigenvalue weighted by Crippen LogP contribution is -2.17. The highest BCUT2D eigenvalue weighted by Crippen LogP contribution is 2.24. The highest BCUT2D eigenvalue weighted by molar-refractivity contribution is 6.31. The normalized spacial score (nSPS) is 10.7. The van der Waals surface area contributed by atoms with Gasteiger partial charge in [-0.2, -0.15) is 0 Å². The fourth-order valence-electron chi connectivity index (χ4n) is 2.18. The molecule has 2 rings (SSSR count). The van der Waals surface area contributed by atoms with Gasteiger partial charge in [-0.25, -0.2) is 0 Å². The molecule has 4 heteroatoms. The first kappa shape index (κ1) is 16.2. The van der Waals surface area contributed by atoms with Crippen LogP contribution < -0.4 is 10.2 Å². The number of hydrogen-bond donors (Lipinski definition) is 1. The monoisotopic (exact) mass is 322 g/mol. The van der Waals surface area contributed by atoms with Crippen molar-refractivity contribution in [1.82, 2.24) is 5.32 Å². The van der Waals surface area contributed by atoms with Gasteiger partial charge in [0.15, 0.2) is 0 Å². The highest BCUT2D eigenvalue weighted by Gasteiger charge is 2.06. The molecule has 0 unspecified atom stereocenters. The minimum atomic E-state index is 0.764. The lowest BCUT2D eigenvalue weighted by molar-refractivity contribution is 0.727. The fraction of sp³-hybridized carbons (Fsp3) is 0.294. The Kier molecular flexibility index (Phi) is 5.92. The minimum absolute atomic E-state index is 0.764. The molecule has 0 amide bonds. The van der Waals surface area contributed by atoms with Crippen LogP contribution in [0.4, 0.5) is 5.69 Å². The van der Waals surface area contributed by atoms with E-state index in [0.717, 1.165) is 40.9 Å². The van der Waals surface area contributed by atoms with Gasteiger partial charge >= 0.3 is 0 Å². The summed E-state index contributed by atoms with van der Waals surface area (Å²) in [5.74, 6) is 0. The summed E-state index contributed by atoms with van der Waals surface area (Å²) in [5.41, 5.74) is 3.40. The van der Waals surface area contributed by atoms with Gasteiger partial charge in [-0.1, -0.05) is 48.3 Å². The number of nitrogens with one attached hydrogen (secondary N) is 1. The van der Waals surface area contributed by atoms with E-state index >= 15 is 0 Å². The van der Waals surface area contributed by atoms with Crippen molar-refractivity contribution in [3.05, 3.63) is 63.6 Å². The SMILES string of the molecule is CCNCc1ccc(N(C)Cc2cccc(Cl)c2)cc1Cl. The molecule has 0 saturated carbocycles. The predicted molar refractivity (Wildman–Crippen MR) is 92.4 cm³/mol. The third kappa shape index (κ3) is 4.63.